The zero-order valence-corrected chi connectivity index (χ0v) is 12.7. The van der Waals surface area contributed by atoms with Crippen molar-refractivity contribution in [3.63, 3.8) is 0 Å². The van der Waals surface area contributed by atoms with Crippen LogP contribution in [0.25, 0.3) is 0 Å². The van der Waals surface area contributed by atoms with E-state index in [1.165, 1.54) is 4.31 Å². The molecule has 0 fully saturated rings. The topological polar surface area (TPSA) is 70.7 Å². The fraction of sp³-hybridized carbons (Fsp3) is 1.00. The Balaban J connectivity index is 3.88. The monoisotopic (exact) mass is 281 g/mol. The van der Waals surface area contributed by atoms with Crippen molar-refractivity contribution in [2.45, 2.75) is 32.8 Å². The third-order valence-corrected chi connectivity index (χ3v) is 4.15. The summed E-state index contributed by atoms with van der Waals surface area (Å²) in [6.45, 7) is 6.52. The van der Waals surface area contributed by atoms with Crippen molar-refractivity contribution in [3.8, 4) is 0 Å². The van der Waals surface area contributed by atoms with Crippen LogP contribution in [0, 0.1) is 0 Å². The molecule has 2 N–H and O–H groups in total. The summed E-state index contributed by atoms with van der Waals surface area (Å²) in [5.74, 6) is 0. The maximum Gasteiger partial charge on any atom is 0.279 e. The minimum Gasteiger partial charge on any atom is -0.380 e. The molecule has 0 radical (unpaired) electrons. The Labute approximate surface area is 111 Å². The van der Waals surface area contributed by atoms with Crippen LogP contribution >= 0.6 is 0 Å². The van der Waals surface area contributed by atoms with Crippen LogP contribution in [0.5, 0.6) is 0 Å². The lowest BCUT2D eigenvalue weighted by Crippen LogP contribution is -2.42. The molecule has 0 heterocycles. The highest BCUT2D eigenvalue weighted by molar-refractivity contribution is 7.87. The zero-order chi connectivity index (χ0) is 14.0. The molecule has 0 saturated heterocycles. The Morgan fingerprint density at radius 3 is 2.56 bits per heavy atom. The maximum atomic E-state index is 11.8. The van der Waals surface area contributed by atoms with Crippen molar-refractivity contribution in [2.24, 2.45) is 0 Å². The van der Waals surface area contributed by atoms with E-state index in [0.29, 0.717) is 6.54 Å². The van der Waals surface area contributed by atoms with Crippen LogP contribution in [0.1, 0.15) is 26.7 Å². The number of nitrogens with one attached hydrogen (secondary N) is 2. The standard InChI is InChI=1S/C11H27N3O3S/c1-5-7-12-8-6-9-14(3)18(15,16)13-10-11(2)17-4/h11-13H,5-10H2,1-4H3. The summed E-state index contributed by atoms with van der Waals surface area (Å²) in [5, 5.41) is 3.24. The lowest BCUT2D eigenvalue weighted by molar-refractivity contribution is 0.121. The van der Waals surface area contributed by atoms with Crippen molar-refractivity contribution >= 4 is 10.2 Å². The van der Waals surface area contributed by atoms with Gasteiger partial charge in [-0.05, 0) is 32.9 Å². The van der Waals surface area contributed by atoms with Crippen LogP contribution in [-0.4, -0.2) is 59.2 Å². The van der Waals surface area contributed by atoms with Crippen LogP contribution in [0.15, 0.2) is 0 Å². The summed E-state index contributed by atoms with van der Waals surface area (Å²) < 4.78 is 32.5. The predicted octanol–water partition coefficient (Wildman–Crippen LogP) is 0.177. The predicted molar refractivity (Wildman–Crippen MR) is 73.8 cm³/mol. The number of methoxy groups -OCH3 is 1. The number of hydrogen-bond donors (Lipinski definition) is 2. The lowest BCUT2D eigenvalue weighted by Gasteiger charge is -2.19. The normalized spacial score (nSPS) is 14.1. The molecule has 1 unspecified atom stereocenters. The second-order valence-electron chi connectivity index (χ2n) is 4.32. The van der Waals surface area contributed by atoms with Gasteiger partial charge in [0.25, 0.3) is 10.2 Å². The van der Waals surface area contributed by atoms with Crippen molar-refractivity contribution in [1.29, 1.82) is 0 Å². The quantitative estimate of drug-likeness (QED) is 0.530. The average molecular weight is 281 g/mol. The van der Waals surface area contributed by atoms with Crippen molar-refractivity contribution in [3.05, 3.63) is 0 Å². The Hall–Kier alpha value is -0.210. The molecular weight excluding hydrogens is 254 g/mol. The fourth-order valence-electron chi connectivity index (χ4n) is 1.26. The SMILES string of the molecule is CCCNCCCN(C)S(=O)(=O)NCC(C)OC. The molecule has 0 spiro atoms. The number of ether oxygens (including phenoxy) is 1. The van der Waals surface area contributed by atoms with Crippen molar-refractivity contribution < 1.29 is 13.2 Å². The number of rotatable bonds is 11. The number of hydrogen-bond acceptors (Lipinski definition) is 4. The smallest absolute Gasteiger partial charge is 0.279 e. The van der Waals surface area contributed by atoms with Gasteiger partial charge in [-0.15, -0.1) is 0 Å². The average Bonchev–Trinajstić information content (AvgIpc) is 2.35. The van der Waals surface area contributed by atoms with Crippen LogP contribution in [0.4, 0.5) is 0 Å². The minimum atomic E-state index is -3.38. The van der Waals surface area contributed by atoms with Gasteiger partial charge in [-0.3, -0.25) is 0 Å². The molecule has 110 valence electrons. The molecule has 0 aromatic rings. The van der Waals surface area contributed by atoms with Gasteiger partial charge in [-0.1, -0.05) is 6.92 Å². The van der Waals surface area contributed by atoms with Gasteiger partial charge in [0.2, 0.25) is 0 Å². The first-order valence-electron chi connectivity index (χ1n) is 6.38. The highest BCUT2D eigenvalue weighted by atomic mass is 32.2. The third-order valence-electron chi connectivity index (χ3n) is 2.62. The first kappa shape index (κ1) is 17.8. The molecule has 0 aromatic heterocycles. The van der Waals surface area contributed by atoms with Gasteiger partial charge in [0.1, 0.15) is 0 Å². The van der Waals surface area contributed by atoms with Crippen LogP contribution in [0.2, 0.25) is 0 Å². The van der Waals surface area contributed by atoms with Crippen molar-refractivity contribution in [2.75, 3.05) is 40.3 Å². The van der Waals surface area contributed by atoms with E-state index in [4.69, 9.17) is 4.74 Å². The van der Waals surface area contributed by atoms with Gasteiger partial charge in [0, 0.05) is 27.2 Å². The van der Waals surface area contributed by atoms with Gasteiger partial charge in [-0.25, -0.2) is 0 Å². The summed E-state index contributed by atoms with van der Waals surface area (Å²) >= 11 is 0. The van der Waals surface area contributed by atoms with Gasteiger partial charge < -0.3 is 10.1 Å². The van der Waals surface area contributed by atoms with Crippen LogP contribution in [-0.2, 0) is 14.9 Å². The Morgan fingerprint density at radius 2 is 2.00 bits per heavy atom. The lowest BCUT2D eigenvalue weighted by atomic mass is 10.4. The van der Waals surface area contributed by atoms with Gasteiger partial charge in [0.05, 0.1) is 6.10 Å². The molecule has 18 heavy (non-hydrogen) atoms. The van der Waals surface area contributed by atoms with Gasteiger partial charge in [-0.2, -0.15) is 17.4 Å². The van der Waals surface area contributed by atoms with E-state index >= 15 is 0 Å². The highest BCUT2D eigenvalue weighted by Crippen LogP contribution is 1.96. The molecule has 0 saturated carbocycles. The summed E-state index contributed by atoms with van der Waals surface area (Å²) in [4.78, 5) is 0. The molecule has 7 heteroatoms. The molecular formula is C11H27N3O3S. The number of nitrogens with zero attached hydrogens (tertiary/aromatic N) is 1. The van der Waals surface area contributed by atoms with Gasteiger partial charge >= 0.3 is 0 Å². The molecule has 0 aliphatic rings. The summed E-state index contributed by atoms with van der Waals surface area (Å²) in [7, 11) is -0.242. The largest absolute Gasteiger partial charge is 0.380 e. The van der Waals surface area contributed by atoms with E-state index in [2.05, 4.69) is 17.0 Å². The molecule has 0 amide bonds. The second-order valence-corrected chi connectivity index (χ2v) is 6.19. The van der Waals surface area contributed by atoms with Crippen molar-refractivity contribution in [1.82, 2.24) is 14.3 Å². The van der Waals surface area contributed by atoms with E-state index < -0.39 is 10.2 Å². The fourth-order valence-corrected chi connectivity index (χ4v) is 2.30. The minimum absolute atomic E-state index is 0.126. The molecule has 0 aliphatic heterocycles. The Kier molecular flexibility index (Phi) is 9.57. The molecule has 0 rings (SSSR count). The van der Waals surface area contributed by atoms with E-state index in [0.717, 1.165) is 25.9 Å². The summed E-state index contributed by atoms with van der Waals surface area (Å²) in [6, 6.07) is 0. The van der Waals surface area contributed by atoms with E-state index in [9.17, 15) is 8.42 Å². The Bertz CT molecular complexity index is 296. The summed E-state index contributed by atoms with van der Waals surface area (Å²) in [6.07, 6.45) is 1.77. The molecule has 0 aliphatic carbocycles. The molecule has 1 atom stereocenters. The Morgan fingerprint density at radius 1 is 1.33 bits per heavy atom. The third kappa shape index (κ3) is 7.99. The van der Waals surface area contributed by atoms with Crippen LogP contribution < -0.4 is 10.0 Å². The molecule has 0 bridgehead atoms. The second kappa shape index (κ2) is 9.69. The van der Waals surface area contributed by atoms with Gasteiger partial charge in [0.15, 0.2) is 0 Å². The summed E-state index contributed by atoms with van der Waals surface area (Å²) in [5.41, 5.74) is 0. The first-order valence-corrected chi connectivity index (χ1v) is 7.82. The zero-order valence-electron chi connectivity index (χ0n) is 11.9. The van der Waals surface area contributed by atoms with E-state index in [1.807, 2.05) is 6.92 Å². The highest BCUT2D eigenvalue weighted by Gasteiger charge is 2.17. The van der Waals surface area contributed by atoms with Crippen LogP contribution in [0.3, 0.4) is 0 Å². The molecule has 0 aromatic carbocycles. The van der Waals surface area contributed by atoms with E-state index in [1.54, 1.807) is 14.2 Å². The first-order chi connectivity index (χ1) is 8.44. The maximum absolute atomic E-state index is 11.8. The van der Waals surface area contributed by atoms with E-state index in [-0.39, 0.29) is 12.6 Å². The molecule has 6 nitrogen and oxygen atoms in total.